The Kier molecular flexibility index (Phi) is 8.08. The number of phenols is 1. The predicted molar refractivity (Wildman–Crippen MR) is 96.4 cm³/mol. The normalized spacial score (nSPS) is 20.6. The van der Waals surface area contributed by atoms with Crippen LogP contribution in [0.3, 0.4) is 0 Å². The molecule has 132 valence electrons. The van der Waals surface area contributed by atoms with Gasteiger partial charge in [0.05, 0.1) is 0 Å². The molecule has 0 unspecified atom stereocenters. The summed E-state index contributed by atoms with van der Waals surface area (Å²) in [5.41, 5.74) is 1.30. The van der Waals surface area contributed by atoms with Crippen LogP contribution in [0.15, 0.2) is 12.1 Å². The summed E-state index contributed by atoms with van der Waals surface area (Å²) in [5, 5.41) is 13.8. The number of hydrogen-bond acceptors (Lipinski definition) is 3. The number of halogens is 3. The van der Waals surface area contributed by atoms with E-state index in [1.54, 1.807) is 6.07 Å². The maximum Gasteiger partial charge on any atom is 0.131 e. The number of hydrogen-bond donors (Lipinski definition) is 2. The summed E-state index contributed by atoms with van der Waals surface area (Å²) in [6.07, 6.45) is 4.73. The SMILES string of the molecule is Cc1ccc(F)c([C@@H](C2CCCC2)N2CCNCC2)c1O.Cl.Cl. The Morgan fingerprint density at radius 1 is 1.17 bits per heavy atom. The highest BCUT2D eigenvalue weighted by molar-refractivity contribution is 5.85. The fourth-order valence-electron chi connectivity index (χ4n) is 3.92. The Morgan fingerprint density at radius 3 is 2.39 bits per heavy atom. The summed E-state index contributed by atoms with van der Waals surface area (Å²) >= 11 is 0. The van der Waals surface area contributed by atoms with Crippen molar-refractivity contribution >= 4 is 24.8 Å². The monoisotopic (exact) mass is 364 g/mol. The third-order valence-corrected chi connectivity index (χ3v) is 5.05. The van der Waals surface area contributed by atoms with Gasteiger partial charge in [0, 0.05) is 37.8 Å². The summed E-state index contributed by atoms with van der Waals surface area (Å²) in [6, 6.07) is 3.20. The van der Waals surface area contributed by atoms with Gasteiger partial charge in [-0.15, -0.1) is 24.8 Å². The van der Waals surface area contributed by atoms with Crippen LogP contribution in [0.5, 0.6) is 5.75 Å². The van der Waals surface area contributed by atoms with Crippen molar-refractivity contribution in [2.24, 2.45) is 5.92 Å². The first-order valence-corrected chi connectivity index (χ1v) is 8.11. The van der Waals surface area contributed by atoms with Crippen molar-refractivity contribution in [1.29, 1.82) is 0 Å². The van der Waals surface area contributed by atoms with E-state index in [9.17, 15) is 9.50 Å². The van der Waals surface area contributed by atoms with E-state index >= 15 is 0 Å². The van der Waals surface area contributed by atoms with E-state index in [4.69, 9.17) is 0 Å². The lowest BCUT2D eigenvalue weighted by atomic mass is 9.88. The van der Waals surface area contributed by atoms with Crippen LogP contribution in [-0.4, -0.2) is 36.2 Å². The van der Waals surface area contributed by atoms with E-state index in [0.717, 1.165) is 44.6 Å². The third-order valence-electron chi connectivity index (χ3n) is 5.05. The lowest BCUT2D eigenvalue weighted by Gasteiger charge is -2.39. The summed E-state index contributed by atoms with van der Waals surface area (Å²) in [5.74, 6) is 0.365. The number of nitrogens with zero attached hydrogens (tertiary/aromatic N) is 1. The van der Waals surface area contributed by atoms with Crippen molar-refractivity contribution in [3.8, 4) is 5.75 Å². The Balaban J connectivity index is 0.00000132. The summed E-state index contributed by atoms with van der Waals surface area (Å²) in [4.78, 5) is 2.37. The zero-order valence-electron chi connectivity index (χ0n) is 13.6. The molecule has 0 spiro atoms. The Morgan fingerprint density at radius 2 is 1.78 bits per heavy atom. The standard InChI is InChI=1S/C17H25FN2O.2ClH/c1-12-6-7-14(18)15(17(12)21)16(13-4-2-3-5-13)20-10-8-19-9-11-20;;/h6-7,13,16,19,21H,2-5,8-11H2,1H3;2*1H/t16-;;/m1../s1. The third kappa shape index (κ3) is 4.30. The zero-order valence-corrected chi connectivity index (χ0v) is 15.2. The molecule has 0 bridgehead atoms. The first-order chi connectivity index (χ1) is 10.2. The molecule has 0 aromatic heterocycles. The average Bonchev–Trinajstić information content (AvgIpc) is 3.02. The molecule has 6 heteroatoms. The maximum absolute atomic E-state index is 14.5. The van der Waals surface area contributed by atoms with E-state index in [-0.39, 0.29) is 42.4 Å². The molecule has 3 rings (SSSR count). The first kappa shape index (κ1) is 20.5. The van der Waals surface area contributed by atoms with Crippen molar-refractivity contribution in [2.45, 2.75) is 38.6 Å². The van der Waals surface area contributed by atoms with Gasteiger partial charge < -0.3 is 10.4 Å². The van der Waals surface area contributed by atoms with Crippen LogP contribution < -0.4 is 5.32 Å². The number of rotatable bonds is 3. The number of nitrogens with one attached hydrogen (secondary N) is 1. The van der Waals surface area contributed by atoms with Crippen molar-refractivity contribution < 1.29 is 9.50 Å². The minimum absolute atomic E-state index is 0. The quantitative estimate of drug-likeness (QED) is 0.855. The molecule has 1 atom stereocenters. The molecule has 1 aromatic rings. The maximum atomic E-state index is 14.5. The van der Waals surface area contributed by atoms with Crippen LogP contribution in [0.2, 0.25) is 0 Å². The second-order valence-corrected chi connectivity index (χ2v) is 6.40. The second-order valence-electron chi connectivity index (χ2n) is 6.40. The molecule has 3 nitrogen and oxygen atoms in total. The molecule has 2 aliphatic rings. The van der Waals surface area contributed by atoms with Gasteiger partial charge in [0.15, 0.2) is 0 Å². The highest BCUT2D eigenvalue weighted by Gasteiger charge is 2.35. The van der Waals surface area contributed by atoms with Gasteiger partial charge in [0.2, 0.25) is 0 Å². The highest BCUT2D eigenvalue weighted by atomic mass is 35.5. The average molecular weight is 365 g/mol. The van der Waals surface area contributed by atoms with Crippen LogP contribution in [0, 0.1) is 18.7 Å². The molecule has 23 heavy (non-hydrogen) atoms. The van der Waals surface area contributed by atoms with Crippen LogP contribution in [0.1, 0.15) is 42.9 Å². The molecule has 1 aliphatic heterocycles. The Labute approximate surface area is 150 Å². The molecular formula is C17H27Cl2FN2O. The molecule has 1 aromatic carbocycles. The van der Waals surface area contributed by atoms with Crippen LogP contribution in [0.25, 0.3) is 0 Å². The largest absolute Gasteiger partial charge is 0.507 e. The molecule has 1 aliphatic carbocycles. The van der Waals surface area contributed by atoms with E-state index in [1.807, 2.05) is 6.92 Å². The van der Waals surface area contributed by atoms with Crippen LogP contribution >= 0.6 is 24.8 Å². The molecule has 1 saturated carbocycles. The van der Waals surface area contributed by atoms with Gasteiger partial charge >= 0.3 is 0 Å². The Hall–Kier alpha value is -0.550. The van der Waals surface area contributed by atoms with Crippen molar-refractivity contribution in [1.82, 2.24) is 10.2 Å². The van der Waals surface area contributed by atoms with Gasteiger partial charge in [-0.2, -0.15) is 0 Å². The minimum atomic E-state index is -0.256. The van der Waals surface area contributed by atoms with E-state index < -0.39 is 0 Å². The first-order valence-electron chi connectivity index (χ1n) is 8.11. The Bertz CT molecular complexity index is 504. The molecule has 0 radical (unpaired) electrons. The van der Waals surface area contributed by atoms with Gasteiger partial charge in [-0.05, 0) is 37.3 Å². The van der Waals surface area contributed by atoms with Crippen molar-refractivity contribution in [3.63, 3.8) is 0 Å². The summed E-state index contributed by atoms with van der Waals surface area (Å²) < 4.78 is 14.5. The molecule has 2 N–H and O–H groups in total. The molecule has 2 fully saturated rings. The second kappa shape index (κ2) is 9.07. The van der Waals surface area contributed by atoms with Gasteiger partial charge in [0.25, 0.3) is 0 Å². The number of aromatic hydroxyl groups is 1. The molecule has 1 heterocycles. The highest BCUT2D eigenvalue weighted by Crippen LogP contribution is 2.44. The summed E-state index contributed by atoms with van der Waals surface area (Å²) in [7, 11) is 0. The van der Waals surface area contributed by atoms with E-state index in [2.05, 4.69) is 10.2 Å². The van der Waals surface area contributed by atoms with Crippen molar-refractivity contribution in [3.05, 3.63) is 29.1 Å². The van der Waals surface area contributed by atoms with Gasteiger partial charge in [-0.1, -0.05) is 18.9 Å². The molecular weight excluding hydrogens is 338 g/mol. The fourth-order valence-corrected chi connectivity index (χ4v) is 3.92. The van der Waals surface area contributed by atoms with Gasteiger partial charge in [0.1, 0.15) is 11.6 Å². The van der Waals surface area contributed by atoms with Gasteiger partial charge in [-0.3, -0.25) is 4.90 Å². The number of benzene rings is 1. The smallest absolute Gasteiger partial charge is 0.131 e. The topological polar surface area (TPSA) is 35.5 Å². The number of piperazine rings is 1. The number of aryl methyl sites for hydroxylation is 1. The molecule has 1 saturated heterocycles. The lowest BCUT2D eigenvalue weighted by molar-refractivity contribution is 0.120. The predicted octanol–water partition coefficient (Wildman–Crippen LogP) is 3.82. The number of phenolic OH excluding ortho intramolecular Hbond substituents is 1. The summed E-state index contributed by atoms with van der Waals surface area (Å²) in [6.45, 7) is 5.58. The minimum Gasteiger partial charge on any atom is -0.507 e. The van der Waals surface area contributed by atoms with Crippen LogP contribution in [0.4, 0.5) is 4.39 Å². The molecule has 0 amide bonds. The van der Waals surface area contributed by atoms with E-state index in [1.165, 1.54) is 18.9 Å². The van der Waals surface area contributed by atoms with Crippen molar-refractivity contribution in [2.75, 3.05) is 26.2 Å². The lowest BCUT2D eigenvalue weighted by Crippen LogP contribution is -2.47. The van der Waals surface area contributed by atoms with Gasteiger partial charge in [-0.25, -0.2) is 4.39 Å². The fraction of sp³-hybridized carbons (Fsp3) is 0.647. The van der Waals surface area contributed by atoms with E-state index in [0.29, 0.717) is 11.5 Å². The zero-order chi connectivity index (χ0) is 14.8. The van der Waals surface area contributed by atoms with Crippen LogP contribution in [-0.2, 0) is 0 Å².